The molecule has 4 rings (SSSR count). The average Bonchev–Trinajstić information content (AvgIpc) is 3.24. The van der Waals surface area contributed by atoms with Crippen molar-refractivity contribution in [2.45, 2.75) is 13.0 Å². The quantitative estimate of drug-likeness (QED) is 0.617. The number of fused-ring (bicyclic) bond motifs is 5. The van der Waals surface area contributed by atoms with Crippen molar-refractivity contribution in [3.8, 4) is 0 Å². The number of hydrogen-bond acceptors (Lipinski definition) is 3. The summed E-state index contributed by atoms with van der Waals surface area (Å²) in [4.78, 5) is 40.2. The molecule has 0 aromatic heterocycles. The summed E-state index contributed by atoms with van der Waals surface area (Å²) in [5, 5.41) is 0. The molecular weight excluding hydrogens is 323 g/mol. The molecular formula is C19H19FN2O3. The lowest BCUT2D eigenvalue weighted by atomic mass is 9.85. The predicted octanol–water partition coefficient (Wildman–Crippen LogP) is 1.59. The summed E-state index contributed by atoms with van der Waals surface area (Å²) in [7, 11) is 1.59. The number of benzene rings is 1. The molecule has 0 unspecified atom stereocenters. The molecule has 0 N–H and O–H groups in total. The summed E-state index contributed by atoms with van der Waals surface area (Å²) in [6, 6.07) is 6.02. The van der Waals surface area contributed by atoms with Gasteiger partial charge in [0.2, 0.25) is 17.7 Å². The van der Waals surface area contributed by atoms with Crippen molar-refractivity contribution < 1.29 is 18.8 Å². The van der Waals surface area contributed by atoms with Crippen molar-refractivity contribution >= 4 is 17.7 Å². The zero-order valence-electron chi connectivity index (χ0n) is 13.9. The second-order valence-corrected chi connectivity index (χ2v) is 7.14. The van der Waals surface area contributed by atoms with E-state index in [4.69, 9.17) is 0 Å². The van der Waals surface area contributed by atoms with Crippen molar-refractivity contribution in [2.24, 2.45) is 23.7 Å². The molecule has 0 radical (unpaired) electrons. The van der Waals surface area contributed by atoms with E-state index in [0.717, 1.165) is 11.3 Å². The van der Waals surface area contributed by atoms with Crippen molar-refractivity contribution in [3.63, 3.8) is 0 Å². The number of carbonyl (C=O) groups is 3. The van der Waals surface area contributed by atoms with Gasteiger partial charge in [0.05, 0.1) is 11.8 Å². The molecule has 2 aliphatic carbocycles. The maximum atomic E-state index is 13.3. The Labute approximate surface area is 145 Å². The van der Waals surface area contributed by atoms with Gasteiger partial charge in [0, 0.05) is 13.6 Å². The number of halogens is 1. The average molecular weight is 342 g/mol. The molecule has 3 aliphatic rings. The Balaban J connectivity index is 1.43. The minimum absolute atomic E-state index is 0.136. The largest absolute Gasteiger partial charge is 0.340 e. The summed E-state index contributed by atoms with van der Waals surface area (Å²) < 4.78 is 13.3. The monoisotopic (exact) mass is 342 g/mol. The van der Waals surface area contributed by atoms with E-state index >= 15 is 0 Å². The van der Waals surface area contributed by atoms with Gasteiger partial charge < -0.3 is 4.90 Å². The molecule has 130 valence electrons. The first-order valence-electron chi connectivity index (χ1n) is 8.47. The Hall–Kier alpha value is -2.50. The second-order valence-electron chi connectivity index (χ2n) is 7.14. The zero-order valence-corrected chi connectivity index (χ0v) is 13.9. The third-order valence-corrected chi connectivity index (χ3v) is 5.59. The highest BCUT2D eigenvalue weighted by Crippen LogP contribution is 2.52. The van der Waals surface area contributed by atoms with Crippen molar-refractivity contribution in [1.29, 1.82) is 0 Å². The summed E-state index contributed by atoms with van der Waals surface area (Å²) in [6.45, 7) is -0.0115. The third-order valence-electron chi connectivity index (χ3n) is 5.59. The summed E-state index contributed by atoms with van der Waals surface area (Å²) in [6.07, 6.45) is 4.92. The lowest BCUT2D eigenvalue weighted by Crippen LogP contribution is -2.42. The van der Waals surface area contributed by atoms with E-state index in [1.807, 2.05) is 12.2 Å². The Morgan fingerprint density at radius 3 is 2.44 bits per heavy atom. The van der Waals surface area contributed by atoms with E-state index in [1.54, 1.807) is 19.2 Å². The number of hydrogen-bond donors (Lipinski definition) is 0. The molecule has 1 heterocycles. The van der Waals surface area contributed by atoms with Crippen LogP contribution >= 0.6 is 0 Å². The lowest BCUT2D eigenvalue weighted by molar-refractivity contribution is -0.146. The molecule has 5 nitrogen and oxygen atoms in total. The number of nitrogens with zero attached hydrogens (tertiary/aromatic N) is 2. The Bertz CT molecular complexity index is 761. The highest BCUT2D eigenvalue weighted by atomic mass is 19.1. The molecule has 25 heavy (non-hydrogen) atoms. The van der Waals surface area contributed by atoms with Crippen LogP contribution in [0.15, 0.2) is 36.4 Å². The molecule has 3 amide bonds. The van der Waals surface area contributed by atoms with Crippen LogP contribution in [0.4, 0.5) is 4.39 Å². The minimum atomic E-state index is -0.362. The Morgan fingerprint density at radius 2 is 1.84 bits per heavy atom. The first-order chi connectivity index (χ1) is 12.0. The van der Waals surface area contributed by atoms with Crippen LogP contribution in [0, 0.1) is 29.5 Å². The Morgan fingerprint density at radius 1 is 1.20 bits per heavy atom. The molecule has 1 aromatic rings. The zero-order chi connectivity index (χ0) is 17.7. The van der Waals surface area contributed by atoms with Crippen molar-refractivity contribution in [2.75, 3.05) is 13.6 Å². The van der Waals surface area contributed by atoms with E-state index in [0.29, 0.717) is 5.56 Å². The first kappa shape index (κ1) is 16.0. The van der Waals surface area contributed by atoms with Crippen LogP contribution in [0.1, 0.15) is 12.0 Å². The first-order valence-corrected chi connectivity index (χ1v) is 8.47. The van der Waals surface area contributed by atoms with Gasteiger partial charge in [-0.2, -0.15) is 0 Å². The van der Waals surface area contributed by atoms with Crippen LogP contribution in [0.3, 0.4) is 0 Å². The number of amides is 3. The van der Waals surface area contributed by atoms with Gasteiger partial charge in [-0.05, 0) is 36.0 Å². The van der Waals surface area contributed by atoms with Crippen LogP contribution in [0.5, 0.6) is 0 Å². The topological polar surface area (TPSA) is 57.7 Å². The number of likely N-dealkylation sites (N-methyl/N-ethyl adjacent to an activating group) is 1. The standard InChI is InChI=1S/C19H19FN2O3/c1-21(9-11-3-2-4-14(20)7-11)15(23)10-22-18(24)16-12-5-6-13(8-12)17(16)19(22)25/h2-7,12-13,16-17H,8-10H2,1H3/t12-,13-,16-,17-/m0/s1. The fourth-order valence-corrected chi connectivity index (χ4v) is 4.37. The van der Waals surface area contributed by atoms with Gasteiger partial charge in [0.25, 0.3) is 0 Å². The van der Waals surface area contributed by atoms with Gasteiger partial charge in [0.1, 0.15) is 12.4 Å². The highest BCUT2D eigenvalue weighted by molar-refractivity contribution is 6.08. The second kappa shape index (κ2) is 5.79. The smallest absolute Gasteiger partial charge is 0.242 e. The molecule has 2 bridgehead atoms. The number of allylic oxidation sites excluding steroid dienone is 2. The van der Waals surface area contributed by atoms with Crippen molar-refractivity contribution in [3.05, 3.63) is 47.8 Å². The molecule has 2 fully saturated rings. The summed E-state index contributed by atoms with van der Waals surface area (Å²) in [5.41, 5.74) is 0.661. The Kier molecular flexibility index (Phi) is 3.71. The lowest BCUT2D eigenvalue weighted by Gasteiger charge is -2.22. The molecule has 4 atom stereocenters. The molecule has 1 aromatic carbocycles. The van der Waals surface area contributed by atoms with Crippen LogP contribution in [0.2, 0.25) is 0 Å². The van der Waals surface area contributed by atoms with Gasteiger partial charge in [-0.1, -0.05) is 24.3 Å². The van der Waals surface area contributed by atoms with Gasteiger partial charge in [-0.3, -0.25) is 19.3 Å². The SMILES string of the molecule is CN(Cc1cccc(F)c1)C(=O)CN1C(=O)[C@@H]2[C@@H](C1=O)[C@H]1C=C[C@H]2C1. The fourth-order valence-electron chi connectivity index (χ4n) is 4.37. The molecule has 1 saturated carbocycles. The van der Waals surface area contributed by atoms with Crippen LogP contribution < -0.4 is 0 Å². The maximum Gasteiger partial charge on any atom is 0.242 e. The van der Waals surface area contributed by atoms with E-state index < -0.39 is 0 Å². The predicted molar refractivity (Wildman–Crippen MR) is 87.3 cm³/mol. The summed E-state index contributed by atoms with van der Waals surface area (Å²) in [5.74, 6) is -1.44. The van der Waals surface area contributed by atoms with E-state index in [2.05, 4.69) is 0 Å². The van der Waals surface area contributed by atoms with E-state index in [1.165, 1.54) is 17.0 Å². The summed E-state index contributed by atoms with van der Waals surface area (Å²) >= 11 is 0. The van der Waals surface area contributed by atoms with E-state index in [-0.39, 0.29) is 60.3 Å². The fraction of sp³-hybridized carbons (Fsp3) is 0.421. The number of likely N-dealkylation sites (tertiary alicyclic amines) is 1. The number of imide groups is 1. The van der Waals surface area contributed by atoms with Gasteiger partial charge in [0.15, 0.2) is 0 Å². The van der Waals surface area contributed by atoms with Gasteiger partial charge in [-0.15, -0.1) is 0 Å². The molecule has 1 aliphatic heterocycles. The molecule has 6 heteroatoms. The van der Waals surface area contributed by atoms with Crippen molar-refractivity contribution in [1.82, 2.24) is 9.80 Å². The molecule has 1 saturated heterocycles. The third kappa shape index (κ3) is 2.56. The number of rotatable bonds is 4. The maximum absolute atomic E-state index is 13.3. The van der Waals surface area contributed by atoms with Crippen LogP contribution in [-0.4, -0.2) is 41.1 Å². The highest BCUT2D eigenvalue weighted by Gasteiger charge is 2.59. The van der Waals surface area contributed by atoms with Gasteiger partial charge >= 0.3 is 0 Å². The molecule has 0 spiro atoms. The minimum Gasteiger partial charge on any atom is -0.340 e. The van der Waals surface area contributed by atoms with Crippen LogP contribution in [-0.2, 0) is 20.9 Å². The van der Waals surface area contributed by atoms with Gasteiger partial charge in [-0.25, -0.2) is 4.39 Å². The number of carbonyl (C=O) groups excluding carboxylic acids is 3. The van der Waals surface area contributed by atoms with Crippen LogP contribution in [0.25, 0.3) is 0 Å². The normalized spacial score (nSPS) is 29.4. The van der Waals surface area contributed by atoms with E-state index in [9.17, 15) is 18.8 Å².